The van der Waals surface area contributed by atoms with Gasteiger partial charge in [-0.3, -0.25) is 0 Å². The third kappa shape index (κ3) is 2.56. The van der Waals surface area contributed by atoms with Crippen molar-refractivity contribution in [2.45, 2.75) is 38.5 Å². The molecule has 0 heterocycles. The van der Waals surface area contributed by atoms with E-state index in [-0.39, 0.29) is 17.0 Å². The first kappa shape index (κ1) is 17.0. The van der Waals surface area contributed by atoms with Gasteiger partial charge < -0.3 is 0 Å². The van der Waals surface area contributed by atoms with Gasteiger partial charge in [0.25, 0.3) is 0 Å². The number of benzene rings is 3. The number of hydrogen-bond donors (Lipinski definition) is 0. The Morgan fingerprint density at radius 3 is 1.73 bits per heavy atom. The molecule has 132 valence electrons. The molecular weight excluding hydrogens is 326 g/mol. The molecule has 0 saturated heterocycles. The van der Waals surface area contributed by atoms with E-state index >= 15 is 0 Å². The lowest BCUT2D eigenvalue weighted by Crippen LogP contribution is -2.35. The summed E-state index contributed by atoms with van der Waals surface area (Å²) in [6, 6.07) is 18.0. The molecule has 0 bridgehead atoms. The van der Waals surface area contributed by atoms with Crippen molar-refractivity contribution in [1.82, 2.24) is 0 Å². The van der Waals surface area contributed by atoms with Crippen molar-refractivity contribution in [2.24, 2.45) is 0 Å². The molecule has 0 nitrogen and oxygen atoms in total. The summed E-state index contributed by atoms with van der Waals surface area (Å²) in [7, 11) is 0. The Hall–Kier alpha value is -2.48. The van der Waals surface area contributed by atoms with E-state index in [1.807, 2.05) is 24.3 Å². The molecule has 26 heavy (non-hydrogen) atoms. The Balaban J connectivity index is 2.08. The van der Waals surface area contributed by atoms with Gasteiger partial charge in [-0.1, -0.05) is 36.4 Å². The zero-order chi connectivity index (χ0) is 18.3. The second kappa shape index (κ2) is 6.35. The molecule has 0 atom stereocenters. The minimum Gasteiger partial charge on any atom is -0.207 e. The summed E-state index contributed by atoms with van der Waals surface area (Å²) in [6.07, 6.45) is 3.03. The molecule has 1 aliphatic carbocycles. The van der Waals surface area contributed by atoms with Crippen molar-refractivity contribution in [2.75, 3.05) is 0 Å². The van der Waals surface area contributed by atoms with E-state index in [2.05, 4.69) is 26.0 Å². The molecule has 0 unspecified atom stereocenters. The van der Waals surface area contributed by atoms with Crippen molar-refractivity contribution in [1.29, 1.82) is 0 Å². The van der Waals surface area contributed by atoms with Crippen LogP contribution >= 0.6 is 0 Å². The van der Waals surface area contributed by atoms with Crippen LogP contribution in [0.25, 0.3) is 0 Å². The predicted octanol–water partition coefficient (Wildman–Crippen LogP) is 6.25. The highest BCUT2D eigenvalue weighted by Gasteiger charge is 2.41. The van der Waals surface area contributed by atoms with E-state index in [9.17, 15) is 8.78 Å². The van der Waals surface area contributed by atoms with Crippen LogP contribution in [0.2, 0.25) is 0 Å². The maximum absolute atomic E-state index is 13.6. The third-order valence-electron chi connectivity index (χ3n) is 5.83. The highest BCUT2D eigenvalue weighted by atomic mass is 19.1. The highest BCUT2D eigenvalue weighted by Crippen LogP contribution is 2.49. The molecule has 0 saturated carbocycles. The van der Waals surface area contributed by atoms with Crippen LogP contribution in [-0.2, 0) is 11.8 Å². The first-order valence-electron chi connectivity index (χ1n) is 9.14. The lowest BCUT2D eigenvalue weighted by molar-refractivity contribution is 0.491. The van der Waals surface area contributed by atoms with E-state index in [1.165, 1.54) is 46.5 Å². The Kier molecular flexibility index (Phi) is 4.14. The van der Waals surface area contributed by atoms with Crippen LogP contribution in [-0.4, -0.2) is 0 Å². The summed E-state index contributed by atoms with van der Waals surface area (Å²) >= 11 is 0. The van der Waals surface area contributed by atoms with Crippen molar-refractivity contribution >= 4 is 0 Å². The maximum atomic E-state index is 13.6. The van der Waals surface area contributed by atoms with Gasteiger partial charge in [-0.25, -0.2) is 8.78 Å². The molecule has 0 amide bonds. The van der Waals surface area contributed by atoms with Crippen LogP contribution in [0.4, 0.5) is 8.78 Å². The van der Waals surface area contributed by atoms with Crippen LogP contribution in [0, 0.1) is 25.5 Å². The Morgan fingerprint density at radius 1 is 0.692 bits per heavy atom. The van der Waals surface area contributed by atoms with E-state index in [0.29, 0.717) is 0 Å². The monoisotopic (exact) mass is 348 g/mol. The van der Waals surface area contributed by atoms with Crippen LogP contribution in [0.5, 0.6) is 0 Å². The molecule has 0 aromatic heterocycles. The highest BCUT2D eigenvalue weighted by molar-refractivity contribution is 5.58. The molecule has 2 heteroatoms. The van der Waals surface area contributed by atoms with E-state index in [1.54, 1.807) is 0 Å². The summed E-state index contributed by atoms with van der Waals surface area (Å²) in [5.74, 6) is -0.472. The van der Waals surface area contributed by atoms with E-state index in [0.717, 1.165) is 30.4 Å². The average molecular weight is 348 g/mol. The van der Waals surface area contributed by atoms with Gasteiger partial charge in [0.05, 0.1) is 0 Å². The first-order valence-corrected chi connectivity index (χ1v) is 9.14. The molecule has 0 fully saturated rings. The van der Waals surface area contributed by atoms with Crippen LogP contribution in [0.1, 0.15) is 46.2 Å². The first-order chi connectivity index (χ1) is 12.5. The molecule has 3 aromatic carbocycles. The van der Waals surface area contributed by atoms with Crippen molar-refractivity contribution in [3.05, 3.63) is 106 Å². The quantitative estimate of drug-likeness (QED) is 0.513. The van der Waals surface area contributed by atoms with Gasteiger partial charge in [0.1, 0.15) is 11.6 Å². The summed E-state index contributed by atoms with van der Waals surface area (Å²) < 4.78 is 27.2. The average Bonchev–Trinajstić information content (AvgIpc) is 2.65. The largest absolute Gasteiger partial charge is 0.207 e. The fraction of sp³-hybridized carbons (Fsp3) is 0.250. The molecule has 0 spiro atoms. The normalized spacial score (nSPS) is 15.5. The van der Waals surface area contributed by atoms with Crippen molar-refractivity contribution in [3.8, 4) is 0 Å². The van der Waals surface area contributed by atoms with Gasteiger partial charge in [0.15, 0.2) is 0 Å². The zero-order valence-corrected chi connectivity index (χ0v) is 15.2. The maximum Gasteiger partial charge on any atom is 0.123 e. The SMILES string of the molecule is Cc1ccc(C)c2c1CCCC2(c1ccc(F)cc1)c1ccc(F)cc1. The Morgan fingerprint density at radius 2 is 1.19 bits per heavy atom. The smallest absolute Gasteiger partial charge is 0.123 e. The Labute approximate surface area is 153 Å². The van der Waals surface area contributed by atoms with E-state index in [4.69, 9.17) is 0 Å². The van der Waals surface area contributed by atoms with E-state index < -0.39 is 0 Å². The van der Waals surface area contributed by atoms with Gasteiger partial charge >= 0.3 is 0 Å². The summed E-state index contributed by atoms with van der Waals surface area (Å²) in [5.41, 5.74) is 6.98. The predicted molar refractivity (Wildman–Crippen MR) is 102 cm³/mol. The summed E-state index contributed by atoms with van der Waals surface area (Å²) in [5, 5.41) is 0. The fourth-order valence-corrected chi connectivity index (χ4v) is 4.65. The Bertz CT molecular complexity index is 892. The van der Waals surface area contributed by atoms with Crippen molar-refractivity contribution < 1.29 is 8.78 Å². The van der Waals surface area contributed by atoms with Crippen LogP contribution < -0.4 is 0 Å². The minimum absolute atomic E-state index is 0.236. The van der Waals surface area contributed by atoms with Gasteiger partial charge in [0.2, 0.25) is 0 Å². The summed E-state index contributed by atoms with van der Waals surface area (Å²) in [4.78, 5) is 0. The number of fused-ring (bicyclic) bond motifs is 1. The second-order valence-corrected chi connectivity index (χ2v) is 7.33. The third-order valence-corrected chi connectivity index (χ3v) is 5.83. The second-order valence-electron chi connectivity index (χ2n) is 7.33. The molecular formula is C24H22F2. The molecule has 1 aliphatic rings. The zero-order valence-electron chi connectivity index (χ0n) is 15.2. The fourth-order valence-electron chi connectivity index (χ4n) is 4.65. The van der Waals surface area contributed by atoms with Gasteiger partial charge in [0, 0.05) is 5.41 Å². The van der Waals surface area contributed by atoms with Crippen LogP contribution in [0.15, 0.2) is 60.7 Å². The lowest BCUT2D eigenvalue weighted by Gasteiger charge is -2.42. The molecule has 3 aromatic rings. The summed E-state index contributed by atoms with van der Waals surface area (Å²) in [6.45, 7) is 4.30. The van der Waals surface area contributed by atoms with Crippen LogP contribution in [0.3, 0.4) is 0 Å². The number of halogens is 2. The number of rotatable bonds is 2. The van der Waals surface area contributed by atoms with Gasteiger partial charge in [-0.15, -0.1) is 0 Å². The minimum atomic E-state index is -0.370. The number of hydrogen-bond acceptors (Lipinski definition) is 0. The van der Waals surface area contributed by atoms with Gasteiger partial charge in [-0.05, 0) is 90.8 Å². The standard InChI is InChI=1S/C24H22F2/c1-16-5-6-17(2)23-22(16)4-3-15-24(23,18-7-11-20(25)12-8-18)19-9-13-21(26)14-10-19/h5-14H,3-4,15H2,1-2H3. The molecule has 0 radical (unpaired) electrons. The molecule has 0 aliphatic heterocycles. The molecule has 0 N–H and O–H groups in total. The number of aryl methyl sites for hydroxylation is 2. The topological polar surface area (TPSA) is 0 Å². The van der Waals surface area contributed by atoms with Gasteiger partial charge in [-0.2, -0.15) is 0 Å². The molecule has 4 rings (SSSR count). The van der Waals surface area contributed by atoms with Crippen molar-refractivity contribution in [3.63, 3.8) is 0 Å². The lowest BCUT2D eigenvalue weighted by atomic mass is 9.60.